The van der Waals surface area contributed by atoms with Crippen molar-refractivity contribution in [2.24, 2.45) is 0 Å². The predicted octanol–water partition coefficient (Wildman–Crippen LogP) is 3.09. The van der Waals surface area contributed by atoms with Gasteiger partial charge in [-0.2, -0.15) is 17.6 Å². The highest BCUT2D eigenvalue weighted by Crippen LogP contribution is 2.34. The van der Waals surface area contributed by atoms with Crippen LogP contribution < -0.4 is 0 Å². The van der Waals surface area contributed by atoms with Crippen LogP contribution in [-0.2, 0) is 6.18 Å². The van der Waals surface area contributed by atoms with Gasteiger partial charge >= 0.3 is 12.0 Å². The summed E-state index contributed by atoms with van der Waals surface area (Å²) in [6.07, 6.45) is -8.79. The largest absolute Gasteiger partial charge is 0.458 e. The topological polar surface area (TPSA) is 56.0 Å². The second kappa shape index (κ2) is 4.18. The van der Waals surface area contributed by atoms with Crippen LogP contribution in [0.3, 0.4) is 0 Å². The zero-order chi connectivity index (χ0) is 13.4. The minimum Gasteiger partial charge on any atom is -0.358 e. The van der Waals surface area contributed by atoms with E-state index < -0.39 is 40.4 Å². The maximum absolute atomic E-state index is 13.0. The SMILES string of the molecule is O=[N+]([O-])c1nc(C(F)(F)F)cc(C(F)F)c1F. The van der Waals surface area contributed by atoms with Gasteiger partial charge in [-0.3, -0.25) is 0 Å². The Morgan fingerprint density at radius 1 is 1.35 bits per heavy atom. The molecule has 0 saturated heterocycles. The number of nitro groups is 1. The molecule has 0 aliphatic carbocycles. The Morgan fingerprint density at radius 3 is 2.24 bits per heavy atom. The molecule has 1 rings (SSSR count). The molecule has 0 atom stereocenters. The number of pyridine rings is 1. The van der Waals surface area contributed by atoms with Crippen molar-refractivity contribution in [1.82, 2.24) is 4.98 Å². The van der Waals surface area contributed by atoms with Gasteiger partial charge in [0, 0.05) is 6.07 Å². The number of hydrogen-bond acceptors (Lipinski definition) is 3. The molecule has 0 aliphatic rings. The first-order valence-electron chi connectivity index (χ1n) is 3.84. The van der Waals surface area contributed by atoms with Gasteiger partial charge in [-0.25, -0.2) is 8.78 Å². The standard InChI is InChI=1S/C7H2F6N2O2/c8-4-2(5(9)10)1-3(7(11,12)13)14-6(4)15(16)17/h1,5H. The fourth-order valence-electron chi connectivity index (χ4n) is 0.960. The summed E-state index contributed by atoms with van der Waals surface area (Å²) < 4.78 is 73.8. The molecular formula is C7H2F6N2O2. The first kappa shape index (κ1) is 13.2. The molecule has 10 heteroatoms. The van der Waals surface area contributed by atoms with Gasteiger partial charge < -0.3 is 10.1 Å². The average Bonchev–Trinajstić information content (AvgIpc) is 2.14. The number of halogens is 6. The summed E-state index contributed by atoms with van der Waals surface area (Å²) in [7, 11) is 0. The predicted molar refractivity (Wildman–Crippen MR) is 40.8 cm³/mol. The highest BCUT2D eigenvalue weighted by atomic mass is 19.4. The molecule has 17 heavy (non-hydrogen) atoms. The molecule has 1 aromatic rings. The van der Waals surface area contributed by atoms with E-state index in [1.165, 1.54) is 0 Å². The summed E-state index contributed by atoms with van der Waals surface area (Å²) in [4.78, 5) is 10.9. The van der Waals surface area contributed by atoms with Gasteiger partial charge in [-0.15, -0.1) is 0 Å². The summed E-state index contributed by atoms with van der Waals surface area (Å²) in [5.41, 5.74) is -3.65. The Labute approximate surface area is 89.0 Å². The molecule has 0 saturated carbocycles. The van der Waals surface area contributed by atoms with Crippen LogP contribution in [0.15, 0.2) is 6.07 Å². The van der Waals surface area contributed by atoms with Crippen molar-refractivity contribution in [3.63, 3.8) is 0 Å². The van der Waals surface area contributed by atoms with Crippen molar-refractivity contribution in [3.8, 4) is 0 Å². The smallest absolute Gasteiger partial charge is 0.358 e. The molecule has 0 fully saturated rings. The molecule has 4 nitrogen and oxygen atoms in total. The lowest BCUT2D eigenvalue weighted by molar-refractivity contribution is -0.392. The molecule has 1 aromatic heterocycles. The lowest BCUT2D eigenvalue weighted by Crippen LogP contribution is -2.12. The third kappa shape index (κ3) is 2.63. The fourth-order valence-corrected chi connectivity index (χ4v) is 0.960. The summed E-state index contributed by atoms with van der Waals surface area (Å²) in [6.45, 7) is 0. The number of aromatic nitrogens is 1. The normalized spacial score (nSPS) is 11.9. The van der Waals surface area contributed by atoms with Crippen molar-refractivity contribution in [2.75, 3.05) is 0 Å². The minimum absolute atomic E-state index is 0.257. The van der Waals surface area contributed by atoms with E-state index in [1.54, 1.807) is 0 Å². The van der Waals surface area contributed by atoms with Crippen molar-refractivity contribution in [3.05, 3.63) is 33.3 Å². The van der Waals surface area contributed by atoms with E-state index in [-0.39, 0.29) is 6.07 Å². The Bertz CT molecular complexity index is 458. The molecule has 0 N–H and O–H groups in total. The third-order valence-electron chi connectivity index (χ3n) is 1.67. The van der Waals surface area contributed by atoms with Crippen LogP contribution in [0, 0.1) is 15.9 Å². The van der Waals surface area contributed by atoms with Crippen LogP contribution in [0.1, 0.15) is 17.7 Å². The van der Waals surface area contributed by atoms with Crippen molar-refractivity contribution < 1.29 is 31.3 Å². The quantitative estimate of drug-likeness (QED) is 0.466. The van der Waals surface area contributed by atoms with Crippen LogP contribution >= 0.6 is 0 Å². The molecular weight excluding hydrogens is 258 g/mol. The molecule has 0 bridgehead atoms. The highest BCUT2D eigenvalue weighted by molar-refractivity contribution is 5.33. The van der Waals surface area contributed by atoms with E-state index in [1.807, 2.05) is 0 Å². The van der Waals surface area contributed by atoms with Crippen LogP contribution in [-0.4, -0.2) is 9.91 Å². The van der Waals surface area contributed by atoms with E-state index >= 15 is 0 Å². The molecule has 0 radical (unpaired) electrons. The second-order valence-electron chi connectivity index (χ2n) is 2.79. The molecule has 94 valence electrons. The Hall–Kier alpha value is -1.87. The molecule has 0 amide bonds. The lowest BCUT2D eigenvalue weighted by Gasteiger charge is -2.06. The van der Waals surface area contributed by atoms with Gasteiger partial charge in [0.25, 0.3) is 12.1 Å². The Kier molecular flexibility index (Phi) is 3.25. The van der Waals surface area contributed by atoms with Crippen molar-refractivity contribution >= 4 is 5.82 Å². The monoisotopic (exact) mass is 260 g/mol. The zero-order valence-corrected chi connectivity index (χ0v) is 7.63. The van der Waals surface area contributed by atoms with E-state index in [0.29, 0.717) is 0 Å². The maximum atomic E-state index is 13.0. The van der Waals surface area contributed by atoms with E-state index in [9.17, 15) is 36.5 Å². The van der Waals surface area contributed by atoms with Crippen molar-refractivity contribution in [1.29, 1.82) is 0 Å². The molecule has 0 unspecified atom stereocenters. The number of rotatable bonds is 2. The first-order chi connectivity index (χ1) is 7.64. The lowest BCUT2D eigenvalue weighted by atomic mass is 10.2. The zero-order valence-electron chi connectivity index (χ0n) is 7.63. The number of alkyl halides is 5. The summed E-state index contributed by atoms with van der Waals surface area (Å²) in [6, 6.07) is -0.257. The second-order valence-corrected chi connectivity index (χ2v) is 2.79. The summed E-state index contributed by atoms with van der Waals surface area (Å²) >= 11 is 0. The average molecular weight is 260 g/mol. The Balaban J connectivity index is 3.53. The van der Waals surface area contributed by atoms with Crippen molar-refractivity contribution in [2.45, 2.75) is 12.6 Å². The molecule has 0 aromatic carbocycles. The number of nitrogens with zero attached hydrogens (tertiary/aromatic N) is 2. The molecule has 0 aliphatic heterocycles. The fraction of sp³-hybridized carbons (Fsp3) is 0.286. The van der Waals surface area contributed by atoms with E-state index in [0.717, 1.165) is 0 Å². The van der Waals surface area contributed by atoms with Crippen LogP contribution in [0.25, 0.3) is 0 Å². The van der Waals surface area contributed by atoms with E-state index in [2.05, 4.69) is 4.98 Å². The van der Waals surface area contributed by atoms with Gasteiger partial charge in [0.2, 0.25) is 5.82 Å². The minimum atomic E-state index is -5.18. The molecule has 0 spiro atoms. The molecule has 1 heterocycles. The maximum Gasteiger partial charge on any atom is 0.458 e. The van der Waals surface area contributed by atoms with Gasteiger partial charge in [0.05, 0.1) is 5.56 Å². The van der Waals surface area contributed by atoms with Crippen LogP contribution in [0.2, 0.25) is 0 Å². The highest BCUT2D eigenvalue weighted by Gasteiger charge is 2.41. The first-order valence-corrected chi connectivity index (χ1v) is 3.84. The third-order valence-corrected chi connectivity index (χ3v) is 1.67. The van der Waals surface area contributed by atoms with Crippen LogP contribution in [0.5, 0.6) is 0 Å². The van der Waals surface area contributed by atoms with Gasteiger partial charge in [0.15, 0.2) is 0 Å². The van der Waals surface area contributed by atoms with E-state index in [4.69, 9.17) is 0 Å². The van der Waals surface area contributed by atoms with Gasteiger partial charge in [-0.1, -0.05) is 0 Å². The Morgan fingerprint density at radius 2 is 1.88 bits per heavy atom. The number of hydrogen-bond donors (Lipinski definition) is 0. The summed E-state index contributed by atoms with van der Waals surface area (Å²) in [5, 5.41) is 10.2. The summed E-state index contributed by atoms with van der Waals surface area (Å²) in [5.74, 6) is -3.95. The van der Waals surface area contributed by atoms with Gasteiger partial charge in [-0.05, 0) is 9.91 Å². The van der Waals surface area contributed by atoms with Crippen LogP contribution in [0.4, 0.5) is 32.2 Å². The van der Waals surface area contributed by atoms with Gasteiger partial charge in [0.1, 0.15) is 0 Å².